The number of hydrogen-bond donors (Lipinski definition) is 0. The molecule has 0 saturated carbocycles. The van der Waals surface area contributed by atoms with Crippen molar-refractivity contribution in [1.29, 1.82) is 0 Å². The number of thiazole rings is 1. The van der Waals surface area contributed by atoms with E-state index in [-0.39, 0.29) is 24.2 Å². The first kappa shape index (κ1) is 17.1. The molecule has 0 aliphatic carbocycles. The molecule has 2 aromatic rings. The molecule has 138 valence electrons. The molecule has 0 unspecified atom stereocenters. The van der Waals surface area contributed by atoms with E-state index in [0.29, 0.717) is 30.6 Å². The summed E-state index contributed by atoms with van der Waals surface area (Å²) >= 11 is 1.42. The Morgan fingerprint density at radius 2 is 1.88 bits per heavy atom. The molecule has 0 atom stereocenters. The van der Waals surface area contributed by atoms with Gasteiger partial charge in [-0.1, -0.05) is 0 Å². The molecule has 0 radical (unpaired) electrons. The molecule has 0 spiro atoms. The molecule has 2 aliphatic heterocycles. The van der Waals surface area contributed by atoms with Crippen LogP contribution in [0.4, 0.5) is 0 Å². The Morgan fingerprint density at radius 3 is 2.58 bits per heavy atom. The molecule has 2 saturated heterocycles. The standard InChI is InChI=1S/C17H21N5O3S/c23-15(21-5-1-2-6-21)9-14-19-20-16(25-14)12-3-7-22(8-4-12)17(24)13-10-26-11-18-13/h10-12H,1-9H2. The first-order valence-corrected chi connectivity index (χ1v) is 9.92. The average Bonchev–Trinajstić information content (AvgIpc) is 3.43. The van der Waals surface area contributed by atoms with Gasteiger partial charge in [0, 0.05) is 37.5 Å². The van der Waals surface area contributed by atoms with Crippen LogP contribution in [0.1, 0.15) is 53.9 Å². The van der Waals surface area contributed by atoms with E-state index in [0.717, 1.165) is 38.8 Å². The quantitative estimate of drug-likeness (QED) is 0.808. The Bertz CT molecular complexity index is 761. The summed E-state index contributed by atoms with van der Waals surface area (Å²) in [4.78, 5) is 32.3. The van der Waals surface area contributed by atoms with E-state index in [2.05, 4.69) is 15.2 Å². The number of likely N-dealkylation sites (tertiary alicyclic amines) is 2. The minimum Gasteiger partial charge on any atom is -0.424 e. The lowest BCUT2D eigenvalue weighted by Crippen LogP contribution is -2.38. The highest BCUT2D eigenvalue weighted by Crippen LogP contribution is 2.28. The fourth-order valence-corrected chi connectivity index (χ4v) is 4.05. The summed E-state index contributed by atoms with van der Waals surface area (Å²) in [7, 11) is 0. The Morgan fingerprint density at radius 1 is 1.12 bits per heavy atom. The average molecular weight is 375 g/mol. The van der Waals surface area contributed by atoms with E-state index in [4.69, 9.17) is 4.42 Å². The summed E-state index contributed by atoms with van der Waals surface area (Å²) in [5.74, 6) is 1.14. The van der Waals surface area contributed by atoms with Gasteiger partial charge in [0.2, 0.25) is 17.7 Å². The summed E-state index contributed by atoms with van der Waals surface area (Å²) in [6.45, 7) is 2.94. The Kier molecular flexibility index (Phi) is 4.96. The third-order valence-electron chi connectivity index (χ3n) is 5.03. The number of carbonyl (C=O) groups is 2. The molecular formula is C17H21N5O3S. The van der Waals surface area contributed by atoms with E-state index in [1.807, 2.05) is 9.80 Å². The first-order chi connectivity index (χ1) is 12.7. The molecule has 2 aromatic heterocycles. The maximum absolute atomic E-state index is 12.3. The maximum Gasteiger partial charge on any atom is 0.273 e. The van der Waals surface area contributed by atoms with Crippen molar-refractivity contribution in [1.82, 2.24) is 25.0 Å². The van der Waals surface area contributed by atoms with E-state index < -0.39 is 0 Å². The van der Waals surface area contributed by atoms with Gasteiger partial charge in [-0.25, -0.2) is 4.98 Å². The van der Waals surface area contributed by atoms with Crippen molar-refractivity contribution in [3.63, 3.8) is 0 Å². The molecule has 9 heteroatoms. The van der Waals surface area contributed by atoms with Gasteiger partial charge >= 0.3 is 0 Å². The van der Waals surface area contributed by atoms with Crippen molar-refractivity contribution < 1.29 is 14.0 Å². The first-order valence-electron chi connectivity index (χ1n) is 8.98. The minimum atomic E-state index is -0.0212. The van der Waals surface area contributed by atoms with Gasteiger partial charge in [-0.3, -0.25) is 9.59 Å². The summed E-state index contributed by atoms with van der Waals surface area (Å²) in [6, 6.07) is 0. The Labute approximate surface area is 155 Å². The summed E-state index contributed by atoms with van der Waals surface area (Å²) < 4.78 is 5.74. The van der Waals surface area contributed by atoms with Gasteiger partial charge in [-0.15, -0.1) is 21.5 Å². The largest absolute Gasteiger partial charge is 0.424 e. The van der Waals surface area contributed by atoms with Crippen LogP contribution in [0, 0.1) is 0 Å². The van der Waals surface area contributed by atoms with Crippen molar-refractivity contribution in [3.8, 4) is 0 Å². The molecule has 26 heavy (non-hydrogen) atoms. The molecule has 2 amide bonds. The van der Waals surface area contributed by atoms with Crippen LogP contribution in [0.3, 0.4) is 0 Å². The lowest BCUT2D eigenvalue weighted by molar-refractivity contribution is -0.129. The monoisotopic (exact) mass is 375 g/mol. The van der Waals surface area contributed by atoms with Crippen molar-refractivity contribution in [2.75, 3.05) is 26.2 Å². The predicted molar refractivity (Wildman–Crippen MR) is 93.8 cm³/mol. The molecule has 4 rings (SSSR count). The molecule has 2 fully saturated rings. The minimum absolute atomic E-state index is 0.0212. The molecule has 0 N–H and O–H groups in total. The van der Waals surface area contributed by atoms with Crippen LogP contribution in [0.25, 0.3) is 0 Å². The Balaban J connectivity index is 1.31. The van der Waals surface area contributed by atoms with Crippen LogP contribution < -0.4 is 0 Å². The highest BCUT2D eigenvalue weighted by atomic mass is 32.1. The fraction of sp³-hybridized carbons (Fsp3) is 0.588. The van der Waals surface area contributed by atoms with Crippen molar-refractivity contribution in [2.24, 2.45) is 0 Å². The molecule has 0 bridgehead atoms. The predicted octanol–water partition coefficient (Wildman–Crippen LogP) is 1.71. The second-order valence-electron chi connectivity index (χ2n) is 6.74. The van der Waals surface area contributed by atoms with Crippen LogP contribution in [0.15, 0.2) is 15.3 Å². The van der Waals surface area contributed by atoms with E-state index >= 15 is 0 Å². The van der Waals surface area contributed by atoms with E-state index in [9.17, 15) is 9.59 Å². The van der Waals surface area contributed by atoms with E-state index in [1.165, 1.54) is 11.3 Å². The highest BCUT2D eigenvalue weighted by Gasteiger charge is 2.29. The number of hydrogen-bond acceptors (Lipinski definition) is 7. The number of amides is 2. The maximum atomic E-state index is 12.3. The van der Waals surface area contributed by atoms with Crippen LogP contribution in [0.5, 0.6) is 0 Å². The van der Waals surface area contributed by atoms with Gasteiger partial charge in [0.05, 0.1) is 5.51 Å². The Hall–Kier alpha value is -2.29. The molecular weight excluding hydrogens is 354 g/mol. The topological polar surface area (TPSA) is 92.4 Å². The lowest BCUT2D eigenvalue weighted by atomic mass is 9.96. The summed E-state index contributed by atoms with van der Waals surface area (Å²) in [5.41, 5.74) is 2.18. The SMILES string of the molecule is O=C(Cc1nnc(C2CCN(C(=O)c3cscn3)CC2)o1)N1CCCC1. The van der Waals surface area contributed by atoms with Gasteiger partial charge in [0.1, 0.15) is 12.1 Å². The van der Waals surface area contributed by atoms with Gasteiger partial charge in [-0.2, -0.15) is 0 Å². The zero-order valence-corrected chi connectivity index (χ0v) is 15.3. The zero-order chi connectivity index (χ0) is 17.9. The number of rotatable bonds is 4. The zero-order valence-electron chi connectivity index (χ0n) is 14.5. The third-order valence-corrected chi connectivity index (χ3v) is 5.61. The molecule has 2 aliphatic rings. The van der Waals surface area contributed by atoms with Gasteiger partial charge < -0.3 is 14.2 Å². The van der Waals surface area contributed by atoms with Crippen LogP contribution >= 0.6 is 11.3 Å². The van der Waals surface area contributed by atoms with Crippen molar-refractivity contribution >= 4 is 23.2 Å². The summed E-state index contributed by atoms with van der Waals surface area (Å²) in [6.07, 6.45) is 3.86. The number of aromatic nitrogens is 3. The van der Waals surface area contributed by atoms with Gasteiger partial charge in [0.15, 0.2) is 0 Å². The van der Waals surface area contributed by atoms with Crippen molar-refractivity contribution in [2.45, 2.75) is 38.0 Å². The number of piperidine rings is 1. The second kappa shape index (κ2) is 7.53. The van der Waals surface area contributed by atoms with E-state index in [1.54, 1.807) is 10.9 Å². The normalized spacial score (nSPS) is 18.5. The third kappa shape index (κ3) is 3.62. The van der Waals surface area contributed by atoms with Crippen molar-refractivity contribution in [3.05, 3.63) is 28.4 Å². The molecule has 0 aromatic carbocycles. The number of carbonyl (C=O) groups excluding carboxylic acids is 2. The fourth-order valence-electron chi connectivity index (χ4n) is 3.52. The van der Waals surface area contributed by atoms with Gasteiger partial charge in [0.25, 0.3) is 5.91 Å². The van der Waals surface area contributed by atoms with Crippen LogP contribution in [0.2, 0.25) is 0 Å². The van der Waals surface area contributed by atoms with Gasteiger partial charge in [-0.05, 0) is 25.7 Å². The van der Waals surface area contributed by atoms with Crippen LogP contribution in [-0.2, 0) is 11.2 Å². The second-order valence-corrected chi connectivity index (χ2v) is 7.46. The van der Waals surface area contributed by atoms with Crippen LogP contribution in [-0.4, -0.2) is 63.0 Å². The molecule has 4 heterocycles. The lowest BCUT2D eigenvalue weighted by Gasteiger charge is -2.29. The molecule has 8 nitrogen and oxygen atoms in total. The number of nitrogens with zero attached hydrogens (tertiary/aromatic N) is 5. The smallest absolute Gasteiger partial charge is 0.273 e. The summed E-state index contributed by atoms with van der Waals surface area (Å²) in [5, 5.41) is 9.96. The highest BCUT2D eigenvalue weighted by molar-refractivity contribution is 7.07.